The van der Waals surface area contributed by atoms with Crippen LogP contribution in [0, 0.1) is 22.7 Å². The van der Waals surface area contributed by atoms with E-state index in [1.54, 1.807) is 30.3 Å². The van der Waals surface area contributed by atoms with Gasteiger partial charge in [0, 0.05) is 10.8 Å². The summed E-state index contributed by atoms with van der Waals surface area (Å²) >= 11 is 0. The lowest BCUT2D eigenvalue weighted by Gasteiger charge is -2.11. The summed E-state index contributed by atoms with van der Waals surface area (Å²) in [6.45, 7) is 0. The molecular weight excluding hydrogens is 340 g/mol. The minimum atomic E-state index is -4.37. The highest BCUT2D eigenvalue weighted by molar-refractivity contribution is 7.86. The van der Waals surface area contributed by atoms with E-state index < -0.39 is 10.1 Å². The Labute approximate surface area is 143 Å². The van der Waals surface area contributed by atoms with Crippen LogP contribution in [0.5, 0.6) is 11.5 Å². The van der Waals surface area contributed by atoms with Crippen molar-refractivity contribution in [2.45, 2.75) is 4.90 Å². The van der Waals surface area contributed by atoms with E-state index in [1.807, 2.05) is 12.1 Å². The standard InChI is InChI=1S/C18H10N2O4S/c19-10-12-7-8-14(9-13(12)11-20)24-17-5-1-4-16-15(17)3-2-6-18(16)25(21,22)23/h1-9H,(H,21,22,23). The second-order valence-electron chi connectivity index (χ2n) is 5.12. The Hall–Kier alpha value is -3.39. The quantitative estimate of drug-likeness (QED) is 0.722. The summed E-state index contributed by atoms with van der Waals surface area (Å²) in [5, 5.41) is 18.8. The van der Waals surface area contributed by atoms with E-state index in [0.29, 0.717) is 22.3 Å². The van der Waals surface area contributed by atoms with Gasteiger partial charge in [-0.3, -0.25) is 4.55 Å². The topological polar surface area (TPSA) is 111 Å². The monoisotopic (exact) mass is 350 g/mol. The number of fused-ring (bicyclic) bond motifs is 1. The summed E-state index contributed by atoms with van der Waals surface area (Å²) in [5.74, 6) is 0.692. The number of ether oxygens (including phenoxy) is 1. The van der Waals surface area contributed by atoms with Gasteiger partial charge in [-0.2, -0.15) is 18.9 Å². The van der Waals surface area contributed by atoms with Crippen LogP contribution in [-0.4, -0.2) is 13.0 Å². The Balaban J connectivity index is 2.13. The summed E-state index contributed by atoms with van der Waals surface area (Å²) in [6, 6.07) is 17.6. The van der Waals surface area contributed by atoms with Crippen LogP contribution in [0.25, 0.3) is 10.8 Å². The van der Waals surface area contributed by atoms with Crippen LogP contribution in [0.1, 0.15) is 11.1 Å². The van der Waals surface area contributed by atoms with Crippen LogP contribution in [0.15, 0.2) is 59.5 Å². The first-order chi connectivity index (χ1) is 11.9. The summed E-state index contributed by atoms with van der Waals surface area (Å²) in [5.41, 5.74) is 0.417. The molecule has 25 heavy (non-hydrogen) atoms. The molecule has 0 aliphatic carbocycles. The van der Waals surface area contributed by atoms with Gasteiger partial charge < -0.3 is 4.74 Å². The molecule has 0 saturated heterocycles. The Bertz CT molecular complexity index is 1170. The highest BCUT2D eigenvalue weighted by Crippen LogP contribution is 2.33. The van der Waals surface area contributed by atoms with E-state index in [4.69, 9.17) is 15.3 Å². The van der Waals surface area contributed by atoms with Crippen molar-refractivity contribution in [3.8, 4) is 23.6 Å². The third-order valence-electron chi connectivity index (χ3n) is 3.58. The zero-order chi connectivity index (χ0) is 18.0. The number of hydrogen-bond acceptors (Lipinski definition) is 5. The zero-order valence-corrected chi connectivity index (χ0v) is 13.5. The molecule has 1 N–H and O–H groups in total. The zero-order valence-electron chi connectivity index (χ0n) is 12.7. The van der Waals surface area contributed by atoms with Gasteiger partial charge in [-0.05, 0) is 30.3 Å². The van der Waals surface area contributed by atoms with Gasteiger partial charge in [0.15, 0.2) is 0 Å². The maximum atomic E-state index is 11.5. The van der Waals surface area contributed by atoms with Gasteiger partial charge in [0.2, 0.25) is 0 Å². The van der Waals surface area contributed by atoms with E-state index >= 15 is 0 Å². The van der Waals surface area contributed by atoms with Crippen LogP contribution in [-0.2, 0) is 10.1 Å². The second-order valence-corrected chi connectivity index (χ2v) is 6.51. The third-order valence-corrected chi connectivity index (χ3v) is 4.49. The fourth-order valence-corrected chi connectivity index (χ4v) is 3.18. The van der Waals surface area contributed by atoms with Gasteiger partial charge in [0.25, 0.3) is 10.1 Å². The normalized spacial score (nSPS) is 10.8. The van der Waals surface area contributed by atoms with E-state index in [2.05, 4.69) is 0 Å². The lowest BCUT2D eigenvalue weighted by Crippen LogP contribution is -1.99. The molecule has 0 unspecified atom stereocenters. The molecule has 3 rings (SSSR count). The number of nitriles is 2. The van der Waals surface area contributed by atoms with Crippen molar-refractivity contribution in [1.29, 1.82) is 10.5 Å². The van der Waals surface area contributed by atoms with Crippen LogP contribution in [0.2, 0.25) is 0 Å². The fourth-order valence-electron chi connectivity index (χ4n) is 2.47. The number of rotatable bonds is 3. The molecule has 0 bridgehead atoms. The molecule has 3 aromatic rings. The van der Waals surface area contributed by atoms with Crippen LogP contribution >= 0.6 is 0 Å². The molecular formula is C18H10N2O4S. The highest BCUT2D eigenvalue weighted by atomic mass is 32.2. The van der Waals surface area contributed by atoms with Crippen molar-refractivity contribution in [3.05, 3.63) is 65.7 Å². The van der Waals surface area contributed by atoms with Crippen molar-refractivity contribution in [3.63, 3.8) is 0 Å². The Kier molecular flexibility index (Phi) is 4.12. The Morgan fingerprint density at radius 3 is 2.24 bits per heavy atom. The molecule has 0 heterocycles. The fraction of sp³-hybridized carbons (Fsp3) is 0. The molecule has 3 aromatic carbocycles. The molecule has 0 atom stereocenters. The lowest BCUT2D eigenvalue weighted by atomic mass is 10.1. The SMILES string of the molecule is N#Cc1ccc(Oc2cccc3c(S(=O)(=O)O)cccc23)cc1C#N. The van der Waals surface area contributed by atoms with Gasteiger partial charge >= 0.3 is 0 Å². The molecule has 0 saturated carbocycles. The van der Waals surface area contributed by atoms with E-state index in [1.165, 1.54) is 24.3 Å². The number of nitrogens with zero attached hydrogens (tertiary/aromatic N) is 2. The van der Waals surface area contributed by atoms with Crippen molar-refractivity contribution in [1.82, 2.24) is 0 Å². The van der Waals surface area contributed by atoms with Crippen molar-refractivity contribution in [2.24, 2.45) is 0 Å². The van der Waals surface area contributed by atoms with Gasteiger partial charge in [-0.25, -0.2) is 0 Å². The molecule has 7 heteroatoms. The molecule has 0 fully saturated rings. The van der Waals surface area contributed by atoms with Gasteiger partial charge in [-0.15, -0.1) is 0 Å². The first-order valence-electron chi connectivity index (χ1n) is 7.05. The summed E-state index contributed by atoms with van der Waals surface area (Å²) in [6.07, 6.45) is 0. The molecule has 0 aliphatic heterocycles. The average molecular weight is 350 g/mol. The molecule has 122 valence electrons. The third kappa shape index (κ3) is 3.15. The predicted molar refractivity (Wildman–Crippen MR) is 89.7 cm³/mol. The minimum Gasteiger partial charge on any atom is -0.457 e. The largest absolute Gasteiger partial charge is 0.457 e. The van der Waals surface area contributed by atoms with E-state index in [-0.39, 0.29) is 16.0 Å². The van der Waals surface area contributed by atoms with Crippen molar-refractivity contribution < 1.29 is 17.7 Å². The first kappa shape index (κ1) is 16.5. The second kappa shape index (κ2) is 6.25. The molecule has 0 radical (unpaired) electrons. The minimum absolute atomic E-state index is 0.180. The van der Waals surface area contributed by atoms with Gasteiger partial charge in [0.1, 0.15) is 28.5 Å². The molecule has 0 amide bonds. The van der Waals surface area contributed by atoms with Crippen molar-refractivity contribution >= 4 is 20.9 Å². The molecule has 6 nitrogen and oxygen atoms in total. The number of hydrogen-bond donors (Lipinski definition) is 1. The van der Waals surface area contributed by atoms with Crippen molar-refractivity contribution in [2.75, 3.05) is 0 Å². The first-order valence-corrected chi connectivity index (χ1v) is 8.49. The smallest absolute Gasteiger partial charge is 0.295 e. The Morgan fingerprint density at radius 2 is 1.56 bits per heavy atom. The molecule has 0 spiro atoms. The van der Waals surface area contributed by atoms with Crippen LogP contribution < -0.4 is 4.74 Å². The maximum Gasteiger partial charge on any atom is 0.295 e. The van der Waals surface area contributed by atoms with Crippen LogP contribution in [0.3, 0.4) is 0 Å². The molecule has 0 aromatic heterocycles. The van der Waals surface area contributed by atoms with Crippen LogP contribution in [0.4, 0.5) is 0 Å². The highest BCUT2D eigenvalue weighted by Gasteiger charge is 2.15. The Morgan fingerprint density at radius 1 is 0.880 bits per heavy atom. The average Bonchev–Trinajstić information content (AvgIpc) is 2.60. The maximum absolute atomic E-state index is 11.5. The predicted octanol–water partition coefficient (Wildman–Crippen LogP) is 3.62. The molecule has 0 aliphatic rings. The van der Waals surface area contributed by atoms with E-state index in [9.17, 15) is 13.0 Å². The van der Waals surface area contributed by atoms with Gasteiger partial charge in [-0.1, -0.05) is 24.3 Å². The van der Waals surface area contributed by atoms with Gasteiger partial charge in [0.05, 0.1) is 11.1 Å². The summed E-state index contributed by atoms with van der Waals surface area (Å²) < 4.78 is 38.2. The summed E-state index contributed by atoms with van der Waals surface area (Å²) in [4.78, 5) is -0.215. The number of benzene rings is 3. The summed E-state index contributed by atoms with van der Waals surface area (Å²) in [7, 11) is -4.37. The van der Waals surface area contributed by atoms with E-state index in [0.717, 1.165) is 0 Å². The lowest BCUT2D eigenvalue weighted by molar-refractivity contribution is 0.484.